The molecule has 0 spiro atoms. The van der Waals surface area contributed by atoms with Crippen LogP contribution in [-0.4, -0.2) is 44.4 Å². The Kier molecular flexibility index (Phi) is 5.99. The third kappa shape index (κ3) is 3.98. The first-order valence-corrected chi connectivity index (χ1v) is 10.8. The lowest BCUT2D eigenvalue weighted by atomic mass is 10.2. The molecule has 1 aromatic carbocycles. The van der Waals surface area contributed by atoms with E-state index in [1.807, 2.05) is 35.9 Å². The number of anilines is 1. The summed E-state index contributed by atoms with van der Waals surface area (Å²) in [6, 6.07) is 7.60. The number of carbonyl (C=O) groups excluding carboxylic acids is 1. The zero-order valence-corrected chi connectivity index (χ0v) is 18.9. The lowest BCUT2D eigenvalue weighted by Crippen LogP contribution is -2.07. The van der Waals surface area contributed by atoms with E-state index in [1.165, 1.54) is 11.8 Å². The molecule has 0 bridgehead atoms. The Balaban J connectivity index is 1.56. The van der Waals surface area contributed by atoms with Gasteiger partial charge in [0.25, 0.3) is 0 Å². The van der Waals surface area contributed by atoms with Crippen molar-refractivity contribution in [3.8, 4) is 17.1 Å². The first-order valence-electron chi connectivity index (χ1n) is 9.82. The number of hydrogen-bond donors (Lipinski definition) is 1. The molecule has 2 N–H and O–H groups in total. The molecule has 10 nitrogen and oxygen atoms in total. The molecule has 0 atom stereocenters. The monoisotopic (exact) mass is 454 g/mol. The minimum absolute atomic E-state index is 0.169. The molecule has 0 aliphatic heterocycles. The Hall–Kier alpha value is -3.60. The van der Waals surface area contributed by atoms with Gasteiger partial charge in [0.15, 0.2) is 11.0 Å². The van der Waals surface area contributed by atoms with Gasteiger partial charge in [0, 0.05) is 12.6 Å². The van der Waals surface area contributed by atoms with E-state index in [1.54, 1.807) is 21.0 Å². The van der Waals surface area contributed by atoms with Gasteiger partial charge in [-0.25, -0.2) is 9.78 Å². The number of benzene rings is 1. The SMILES string of the molecule is CCOC(=O)c1c(C)oc2nc(CSc3nnc(-c4ccc(OC)cc4)n3C)nc(N)c12. The number of ether oxygens (including phenoxy) is 2. The van der Waals surface area contributed by atoms with E-state index in [0.717, 1.165) is 17.1 Å². The van der Waals surface area contributed by atoms with Gasteiger partial charge in [0.05, 0.1) is 24.9 Å². The number of esters is 1. The summed E-state index contributed by atoms with van der Waals surface area (Å²) in [7, 11) is 3.52. The number of nitrogens with two attached hydrogens (primary N) is 1. The third-order valence-electron chi connectivity index (χ3n) is 4.79. The summed E-state index contributed by atoms with van der Waals surface area (Å²) in [4.78, 5) is 21.0. The topological polar surface area (TPSA) is 131 Å². The van der Waals surface area contributed by atoms with Gasteiger partial charge in [-0.15, -0.1) is 10.2 Å². The first-order chi connectivity index (χ1) is 15.4. The Morgan fingerprint density at radius 1 is 1.22 bits per heavy atom. The molecule has 166 valence electrons. The Bertz CT molecular complexity index is 1280. The maximum Gasteiger partial charge on any atom is 0.342 e. The number of fused-ring (bicyclic) bond motifs is 1. The van der Waals surface area contributed by atoms with Crippen molar-refractivity contribution in [3.63, 3.8) is 0 Å². The third-order valence-corrected chi connectivity index (χ3v) is 5.81. The van der Waals surface area contributed by atoms with Gasteiger partial charge in [-0.1, -0.05) is 11.8 Å². The van der Waals surface area contributed by atoms with Crippen LogP contribution in [0.1, 0.15) is 28.9 Å². The molecule has 3 aromatic heterocycles. The second kappa shape index (κ2) is 8.87. The summed E-state index contributed by atoms with van der Waals surface area (Å²) < 4.78 is 17.8. The van der Waals surface area contributed by atoms with Crippen molar-refractivity contribution >= 4 is 34.6 Å². The number of aryl methyl sites for hydroxylation is 1. The second-order valence-electron chi connectivity index (χ2n) is 6.84. The maximum absolute atomic E-state index is 12.3. The highest BCUT2D eigenvalue weighted by Crippen LogP contribution is 2.31. The van der Waals surface area contributed by atoms with Crippen LogP contribution < -0.4 is 10.5 Å². The molecule has 3 heterocycles. The first kappa shape index (κ1) is 21.6. The zero-order valence-electron chi connectivity index (χ0n) is 18.1. The number of nitrogen functional groups attached to an aromatic ring is 1. The molecule has 0 amide bonds. The number of aromatic nitrogens is 5. The number of hydrogen-bond acceptors (Lipinski definition) is 10. The number of rotatable bonds is 7. The van der Waals surface area contributed by atoms with Gasteiger partial charge < -0.3 is 24.2 Å². The molecule has 32 heavy (non-hydrogen) atoms. The lowest BCUT2D eigenvalue weighted by Gasteiger charge is -2.05. The van der Waals surface area contributed by atoms with E-state index < -0.39 is 5.97 Å². The van der Waals surface area contributed by atoms with E-state index in [-0.39, 0.29) is 23.7 Å². The quantitative estimate of drug-likeness (QED) is 0.327. The molecular weight excluding hydrogens is 432 g/mol. The summed E-state index contributed by atoms with van der Waals surface area (Å²) in [5, 5.41) is 9.62. The van der Waals surface area contributed by atoms with Crippen LogP contribution in [0.4, 0.5) is 5.82 Å². The highest BCUT2D eigenvalue weighted by atomic mass is 32.2. The minimum atomic E-state index is -0.508. The van der Waals surface area contributed by atoms with E-state index in [9.17, 15) is 4.79 Å². The average Bonchev–Trinajstić information content (AvgIpc) is 3.31. The van der Waals surface area contributed by atoms with Crippen LogP contribution in [0.2, 0.25) is 0 Å². The van der Waals surface area contributed by atoms with Crippen LogP contribution in [0.5, 0.6) is 5.75 Å². The fourth-order valence-corrected chi connectivity index (χ4v) is 4.02. The Labute approximate surface area is 188 Å². The number of furan rings is 1. The molecule has 0 radical (unpaired) electrons. The predicted octanol–water partition coefficient (Wildman–Crippen LogP) is 3.39. The number of thioether (sulfide) groups is 1. The van der Waals surface area contributed by atoms with Gasteiger partial charge in [-0.05, 0) is 38.1 Å². The van der Waals surface area contributed by atoms with Gasteiger partial charge in [0.1, 0.15) is 28.7 Å². The lowest BCUT2D eigenvalue weighted by molar-refractivity contribution is 0.0526. The van der Waals surface area contributed by atoms with Crippen LogP contribution in [0.25, 0.3) is 22.5 Å². The van der Waals surface area contributed by atoms with Crippen LogP contribution in [-0.2, 0) is 17.5 Å². The van der Waals surface area contributed by atoms with Crippen molar-refractivity contribution in [3.05, 3.63) is 41.4 Å². The molecule has 4 aromatic rings. The van der Waals surface area contributed by atoms with Crippen molar-refractivity contribution in [2.45, 2.75) is 24.8 Å². The number of nitrogens with zero attached hydrogens (tertiary/aromatic N) is 5. The molecule has 0 aliphatic carbocycles. The van der Waals surface area contributed by atoms with Gasteiger partial charge in [-0.2, -0.15) is 4.98 Å². The number of carbonyl (C=O) groups is 1. The molecule has 0 fully saturated rings. The van der Waals surface area contributed by atoms with Gasteiger partial charge in [-0.3, -0.25) is 0 Å². The standard InChI is InChI=1S/C21H22N6O4S/c1-5-30-20(28)15-11(2)31-19-16(15)17(22)23-14(24-19)10-32-21-26-25-18(27(21)3)12-6-8-13(29-4)9-7-12/h6-9H,5,10H2,1-4H3,(H2,22,23,24). The second-order valence-corrected chi connectivity index (χ2v) is 7.78. The van der Waals surface area contributed by atoms with E-state index in [2.05, 4.69) is 20.2 Å². The average molecular weight is 455 g/mol. The van der Waals surface area contributed by atoms with Crippen LogP contribution >= 0.6 is 11.8 Å². The Morgan fingerprint density at radius 2 is 1.97 bits per heavy atom. The van der Waals surface area contributed by atoms with E-state index in [0.29, 0.717) is 27.9 Å². The molecular formula is C21H22N6O4S. The molecule has 0 unspecified atom stereocenters. The van der Waals surface area contributed by atoms with Crippen LogP contribution in [0, 0.1) is 6.92 Å². The molecule has 0 saturated heterocycles. The molecule has 11 heteroatoms. The fraction of sp³-hybridized carbons (Fsp3) is 0.286. The predicted molar refractivity (Wildman–Crippen MR) is 119 cm³/mol. The van der Waals surface area contributed by atoms with Crippen molar-refractivity contribution in [2.24, 2.45) is 7.05 Å². The van der Waals surface area contributed by atoms with Crippen molar-refractivity contribution in [1.29, 1.82) is 0 Å². The Morgan fingerprint density at radius 3 is 2.66 bits per heavy atom. The summed E-state index contributed by atoms with van der Waals surface area (Å²) in [5.41, 5.74) is 7.57. The highest BCUT2D eigenvalue weighted by molar-refractivity contribution is 7.98. The van der Waals surface area contributed by atoms with E-state index >= 15 is 0 Å². The highest BCUT2D eigenvalue weighted by Gasteiger charge is 2.24. The van der Waals surface area contributed by atoms with Crippen molar-refractivity contribution < 1.29 is 18.7 Å². The minimum Gasteiger partial charge on any atom is -0.497 e. The summed E-state index contributed by atoms with van der Waals surface area (Å²) in [6.45, 7) is 3.65. The molecule has 4 rings (SSSR count). The maximum atomic E-state index is 12.3. The van der Waals surface area contributed by atoms with Crippen LogP contribution in [0.3, 0.4) is 0 Å². The van der Waals surface area contributed by atoms with E-state index in [4.69, 9.17) is 19.6 Å². The van der Waals surface area contributed by atoms with Crippen LogP contribution in [0.15, 0.2) is 33.8 Å². The molecule has 0 aliphatic rings. The smallest absolute Gasteiger partial charge is 0.342 e. The van der Waals surface area contributed by atoms with Gasteiger partial charge >= 0.3 is 5.97 Å². The summed E-state index contributed by atoms with van der Waals surface area (Å²) in [6.07, 6.45) is 0. The zero-order chi connectivity index (χ0) is 22.8. The van der Waals surface area contributed by atoms with Crippen molar-refractivity contribution in [1.82, 2.24) is 24.7 Å². The van der Waals surface area contributed by atoms with Gasteiger partial charge in [0.2, 0.25) is 5.71 Å². The summed E-state index contributed by atoms with van der Waals surface area (Å²) >= 11 is 1.42. The largest absolute Gasteiger partial charge is 0.497 e. The summed E-state index contributed by atoms with van der Waals surface area (Å²) in [5.74, 6) is 2.40. The molecule has 0 saturated carbocycles. The number of methoxy groups -OCH3 is 1. The normalized spacial score (nSPS) is 11.1. The van der Waals surface area contributed by atoms with Crippen molar-refractivity contribution in [2.75, 3.05) is 19.5 Å². The fourth-order valence-electron chi connectivity index (χ4n) is 3.26.